The van der Waals surface area contributed by atoms with Gasteiger partial charge in [0.2, 0.25) is 10.0 Å². The number of hydrogen-bond acceptors (Lipinski definition) is 4. The van der Waals surface area contributed by atoms with E-state index in [4.69, 9.17) is 0 Å². The van der Waals surface area contributed by atoms with Crippen molar-refractivity contribution in [1.29, 1.82) is 0 Å². The van der Waals surface area contributed by atoms with Crippen LogP contribution in [0.1, 0.15) is 24.0 Å². The fourth-order valence-electron chi connectivity index (χ4n) is 3.56. The summed E-state index contributed by atoms with van der Waals surface area (Å²) in [5.74, 6) is 2.87. The molecule has 0 radical (unpaired) electrons. The molecule has 0 atom stereocenters. The zero-order chi connectivity index (χ0) is 19.4. The fraction of sp³-hybridized carbons (Fsp3) is 0.455. The van der Waals surface area contributed by atoms with Gasteiger partial charge in [-0.05, 0) is 42.0 Å². The zero-order valence-corrected chi connectivity index (χ0v) is 17.8. The van der Waals surface area contributed by atoms with Crippen molar-refractivity contribution in [3.05, 3.63) is 65.7 Å². The highest BCUT2D eigenvalue weighted by Gasteiger charge is 2.31. The summed E-state index contributed by atoms with van der Waals surface area (Å²) in [6, 6.07) is 17.4. The molecule has 1 aliphatic heterocycles. The first-order valence-electron chi connectivity index (χ1n) is 10.0. The van der Waals surface area contributed by atoms with Crippen molar-refractivity contribution in [2.24, 2.45) is 5.92 Å². The maximum atomic E-state index is 13.3. The number of rotatable bonds is 8. The van der Waals surface area contributed by atoms with Crippen LogP contribution in [0.4, 0.5) is 0 Å². The minimum absolute atomic E-state index is 0.405. The highest BCUT2D eigenvalue weighted by atomic mass is 32.2. The number of benzene rings is 2. The summed E-state index contributed by atoms with van der Waals surface area (Å²) in [6.07, 6.45) is 2.27. The van der Waals surface area contributed by atoms with E-state index >= 15 is 0 Å². The Morgan fingerprint density at radius 1 is 0.929 bits per heavy atom. The van der Waals surface area contributed by atoms with Crippen LogP contribution in [-0.4, -0.2) is 48.8 Å². The molecule has 1 heterocycles. The Bertz CT molecular complexity index is 859. The van der Waals surface area contributed by atoms with Crippen LogP contribution in [0.25, 0.3) is 0 Å². The molecule has 28 heavy (non-hydrogen) atoms. The van der Waals surface area contributed by atoms with Gasteiger partial charge in [-0.15, -0.1) is 0 Å². The number of thioether (sulfide) groups is 1. The lowest BCUT2D eigenvalue weighted by Crippen LogP contribution is -2.33. The molecule has 0 amide bonds. The molecule has 4 nitrogen and oxygen atoms in total. The second-order valence-electron chi connectivity index (χ2n) is 7.76. The number of nitrogens with zero attached hydrogens (tertiary/aromatic N) is 2. The molecule has 6 heteroatoms. The van der Waals surface area contributed by atoms with E-state index in [9.17, 15) is 8.42 Å². The van der Waals surface area contributed by atoms with Gasteiger partial charge in [-0.1, -0.05) is 42.5 Å². The lowest BCUT2D eigenvalue weighted by molar-refractivity contribution is 0.294. The molecule has 2 aliphatic rings. The molecule has 0 aromatic heterocycles. The van der Waals surface area contributed by atoms with E-state index in [-0.39, 0.29) is 0 Å². The first-order chi connectivity index (χ1) is 13.6. The highest BCUT2D eigenvalue weighted by Crippen LogP contribution is 2.32. The van der Waals surface area contributed by atoms with E-state index in [1.165, 1.54) is 17.1 Å². The van der Waals surface area contributed by atoms with Gasteiger partial charge in [0.1, 0.15) is 0 Å². The van der Waals surface area contributed by atoms with E-state index in [2.05, 4.69) is 4.90 Å². The third-order valence-electron chi connectivity index (χ3n) is 5.43. The SMILES string of the molecule is O=S(=O)(c1ccc(CN2CCSCC2)cc1)N(Cc1ccccc1)CC1CC1. The average molecular weight is 417 g/mol. The number of sulfonamides is 1. The molecule has 1 saturated heterocycles. The van der Waals surface area contributed by atoms with Crippen LogP contribution in [0.15, 0.2) is 59.5 Å². The van der Waals surface area contributed by atoms with Gasteiger partial charge in [0.05, 0.1) is 4.90 Å². The topological polar surface area (TPSA) is 40.6 Å². The van der Waals surface area contributed by atoms with Crippen LogP contribution in [0.2, 0.25) is 0 Å². The molecule has 4 rings (SSSR count). The van der Waals surface area contributed by atoms with Crippen LogP contribution in [0, 0.1) is 5.92 Å². The molecular formula is C22H28N2O2S2. The molecule has 0 N–H and O–H groups in total. The monoisotopic (exact) mass is 416 g/mol. The Balaban J connectivity index is 1.49. The Morgan fingerprint density at radius 2 is 1.61 bits per heavy atom. The minimum atomic E-state index is -3.49. The van der Waals surface area contributed by atoms with Crippen LogP contribution in [0.5, 0.6) is 0 Å². The molecule has 1 saturated carbocycles. The Morgan fingerprint density at radius 3 is 2.25 bits per heavy atom. The van der Waals surface area contributed by atoms with E-state index in [0.29, 0.717) is 23.9 Å². The predicted molar refractivity (Wildman–Crippen MR) is 116 cm³/mol. The van der Waals surface area contributed by atoms with Crippen molar-refractivity contribution in [2.45, 2.75) is 30.8 Å². The molecule has 1 aliphatic carbocycles. The zero-order valence-electron chi connectivity index (χ0n) is 16.2. The van der Waals surface area contributed by atoms with E-state index in [1.54, 1.807) is 16.4 Å². The summed E-state index contributed by atoms with van der Waals surface area (Å²) in [6.45, 7) is 4.17. The normalized spacial score (nSPS) is 18.5. The lowest BCUT2D eigenvalue weighted by Gasteiger charge is -2.26. The largest absolute Gasteiger partial charge is 0.297 e. The molecule has 2 aromatic carbocycles. The van der Waals surface area contributed by atoms with Gasteiger partial charge in [-0.2, -0.15) is 16.1 Å². The van der Waals surface area contributed by atoms with Gasteiger partial charge < -0.3 is 0 Å². The van der Waals surface area contributed by atoms with Gasteiger partial charge in [-0.25, -0.2) is 8.42 Å². The molecule has 2 aromatic rings. The highest BCUT2D eigenvalue weighted by molar-refractivity contribution is 7.99. The van der Waals surface area contributed by atoms with E-state index in [0.717, 1.165) is 38.0 Å². The maximum Gasteiger partial charge on any atom is 0.243 e. The summed E-state index contributed by atoms with van der Waals surface area (Å²) in [7, 11) is -3.49. The molecule has 0 spiro atoms. The first-order valence-corrected chi connectivity index (χ1v) is 12.6. The quantitative estimate of drug-likeness (QED) is 0.656. The third kappa shape index (κ3) is 5.17. The summed E-state index contributed by atoms with van der Waals surface area (Å²) in [5.41, 5.74) is 2.22. The van der Waals surface area contributed by atoms with Crippen molar-refractivity contribution in [1.82, 2.24) is 9.21 Å². The third-order valence-corrected chi connectivity index (χ3v) is 8.20. The van der Waals surface area contributed by atoms with Gasteiger partial charge in [0, 0.05) is 44.2 Å². The van der Waals surface area contributed by atoms with Crippen molar-refractivity contribution >= 4 is 21.8 Å². The smallest absolute Gasteiger partial charge is 0.243 e. The van der Waals surface area contributed by atoms with Crippen LogP contribution >= 0.6 is 11.8 Å². The van der Waals surface area contributed by atoms with Gasteiger partial charge in [-0.3, -0.25) is 4.90 Å². The fourth-order valence-corrected chi connectivity index (χ4v) is 6.04. The standard InChI is InChI=1S/C22H28N2O2S2/c25-28(26,24(18-21-6-7-21)17-19-4-2-1-3-5-19)22-10-8-20(9-11-22)16-23-12-14-27-15-13-23/h1-5,8-11,21H,6-7,12-18H2. The van der Waals surface area contributed by atoms with E-state index in [1.807, 2.05) is 54.2 Å². The van der Waals surface area contributed by atoms with Crippen LogP contribution in [-0.2, 0) is 23.1 Å². The molecule has 0 unspecified atom stereocenters. The molecule has 150 valence electrons. The van der Waals surface area contributed by atoms with Crippen LogP contribution < -0.4 is 0 Å². The Kier molecular flexibility index (Phi) is 6.41. The lowest BCUT2D eigenvalue weighted by atomic mass is 10.2. The molecular weight excluding hydrogens is 388 g/mol. The Labute approximate surface area is 173 Å². The summed E-state index contributed by atoms with van der Waals surface area (Å²) in [5, 5.41) is 0. The second kappa shape index (κ2) is 8.99. The van der Waals surface area contributed by atoms with Crippen molar-refractivity contribution in [3.63, 3.8) is 0 Å². The van der Waals surface area contributed by atoms with Gasteiger partial charge >= 0.3 is 0 Å². The summed E-state index contributed by atoms with van der Waals surface area (Å²) >= 11 is 2.00. The predicted octanol–water partition coefficient (Wildman–Crippen LogP) is 3.84. The second-order valence-corrected chi connectivity index (χ2v) is 10.9. The summed E-state index contributed by atoms with van der Waals surface area (Å²) < 4.78 is 28.3. The van der Waals surface area contributed by atoms with Crippen molar-refractivity contribution in [2.75, 3.05) is 31.1 Å². The first kappa shape index (κ1) is 20.0. The van der Waals surface area contributed by atoms with Crippen molar-refractivity contribution in [3.8, 4) is 0 Å². The van der Waals surface area contributed by atoms with Gasteiger partial charge in [0.15, 0.2) is 0 Å². The summed E-state index contributed by atoms with van der Waals surface area (Å²) in [4.78, 5) is 2.84. The van der Waals surface area contributed by atoms with Crippen LogP contribution in [0.3, 0.4) is 0 Å². The maximum absolute atomic E-state index is 13.3. The van der Waals surface area contributed by atoms with E-state index < -0.39 is 10.0 Å². The Hall–Kier alpha value is -1.34. The molecule has 2 fully saturated rings. The minimum Gasteiger partial charge on any atom is -0.297 e. The van der Waals surface area contributed by atoms with Crippen molar-refractivity contribution < 1.29 is 8.42 Å². The number of hydrogen-bond donors (Lipinski definition) is 0. The average Bonchev–Trinajstić information content (AvgIpc) is 3.54. The molecule has 0 bridgehead atoms. The van der Waals surface area contributed by atoms with Gasteiger partial charge in [0.25, 0.3) is 0 Å².